The smallest absolute Gasteiger partial charge is 0.310 e. The molecule has 104 valence electrons. The second kappa shape index (κ2) is 4.63. The average Bonchev–Trinajstić information content (AvgIpc) is 2.97. The molecule has 3 aliphatic rings. The van der Waals surface area contributed by atoms with Gasteiger partial charge >= 0.3 is 5.97 Å². The van der Waals surface area contributed by atoms with Crippen molar-refractivity contribution in [2.75, 3.05) is 13.1 Å². The summed E-state index contributed by atoms with van der Waals surface area (Å²) in [5.41, 5.74) is 0. The van der Waals surface area contributed by atoms with Gasteiger partial charge in [0.1, 0.15) is 5.92 Å². The van der Waals surface area contributed by atoms with Crippen molar-refractivity contribution in [2.24, 2.45) is 17.8 Å². The molecule has 5 nitrogen and oxygen atoms in total. The fraction of sp³-hybridized carbons (Fsp3) is 0.714. The van der Waals surface area contributed by atoms with Gasteiger partial charge < -0.3 is 14.7 Å². The molecule has 0 aliphatic carbocycles. The van der Waals surface area contributed by atoms with E-state index in [-0.39, 0.29) is 12.0 Å². The lowest BCUT2D eigenvalue weighted by Gasteiger charge is -2.34. The van der Waals surface area contributed by atoms with E-state index in [1.54, 1.807) is 6.08 Å². The van der Waals surface area contributed by atoms with Gasteiger partial charge in [0.05, 0.1) is 18.1 Å². The molecule has 0 aromatic heterocycles. The normalized spacial score (nSPS) is 40.7. The Balaban J connectivity index is 1.78. The maximum absolute atomic E-state index is 12.6. The van der Waals surface area contributed by atoms with E-state index in [0.29, 0.717) is 5.92 Å². The number of likely N-dealkylation sites (tertiary alicyclic amines) is 1. The maximum atomic E-state index is 12.6. The molecule has 0 radical (unpaired) electrons. The molecule has 0 spiro atoms. The van der Waals surface area contributed by atoms with Crippen LogP contribution in [0.4, 0.5) is 0 Å². The first-order valence-electron chi connectivity index (χ1n) is 6.93. The van der Waals surface area contributed by atoms with Crippen molar-refractivity contribution in [1.82, 2.24) is 4.90 Å². The summed E-state index contributed by atoms with van der Waals surface area (Å²) in [6.45, 7) is 3.61. The zero-order chi connectivity index (χ0) is 13.6. The number of carboxylic acid groups (broad SMARTS) is 1. The highest BCUT2D eigenvalue weighted by Crippen LogP contribution is 2.40. The van der Waals surface area contributed by atoms with Gasteiger partial charge in [-0.25, -0.2) is 0 Å². The van der Waals surface area contributed by atoms with Crippen LogP contribution < -0.4 is 0 Å². The molecule has 0 aromatic rings. The van der Waals surface area contributed by atoms with Gasteiger partial charge in [0.2, 0.25) is 5.91 Å². The molecule has 2 saturated heterocycles. The fourth-order valence-electron chi connectivity index (χ4n) is 3.50. The predicted molar refractivity (Wildman–Crippen MR) is 67.4 cm³/mol. The predicted octanol–water partition coefficient (Wildman–Crippen LogP) is 0.899. The van der Waals surface area contributed by atoms with E-state index >= 15 is 0 Å². The molecule has 5 heteroatoms. The third kappa shape index (κ3) is 2.06. The summed E-state index contributed by atoms with van der Waals surface area (Å²) in [7, 11) is 0. The van der Waals surface area contributed by atoms with Gasteiger partial charge in [-0.3, -0.25) is 9.59 Å². The summed E-state index contributed by atoms with van der Waals surface area (Å²) in [5.74, 6) is -1.75. The third-order valence-electron chi connectivity index (χ3n) is 4.44. The molecule has 1 amide bonds. The maximum Gasteiger partial charge on any atom is 0.310 e. The molecule has 0 aromatic carbocycles. The van der Waals surface area contributed by atoms with E-state index in [1.807, 2.05) is 11.0 Å². The topological polar surface area (TPSA) is 66.8 Å². The third-order valence-corrected chi connectivity index (χ3v) is 4.44. The van der Waals surface area contributed by atoms with E-state index in [0.717, 1.165) is 25.9 Å². The van der Waals surface area contributed by atoms with Crippen LogP contribution in [-0.4, -0.2) is 47.2 Å². The van der Waals surface area contributed by atoms with E-state index in [9.17, 15) is 14.7 Å². The number of piperidine rings is 1. The van der Waals surface area contributed by atoms with E-state index in [4.69, 9.17) is 4.74 Å². The van der Waals surface area contributed by atoms with E-state index in [2.05, 4.69) is 6.92 Å². The number of amides is 1. The highest BCUT2D eigenvalue weighted by atomic mass is 16.5. The Hall–Kier alpha value is -1.36. The van der Waals surface area contributed by atoms with Crippen molar-refractivity contribution in [3.63, 3.8) is 0 Å². The summed E-state index contributed by atoms with van der Waals surface area (Å²) >= 11 is 0. The van der Waals surface area contributed by atoms with Gasteiger partial charge in [0.25, 0.3) is 0 Å². The zero-order valence-corrected chi connectivity index (χ0v) is 11.0. The Bertz CT molecular complexity index is 433. The molecular weight excluding hydrogens is 246 g/mol. The van der Waals surface area contributed by atoms with Crippen molar-refractivity contribution in [3.8, 4) is 0 Å². The number of carbonyl (C=O) groups excluding carboxylic acids is 1. The minimum Gasteiger partial charge on any atom is -0.481 e. The Kier molecular flexibility index (Phi) is 3.09. The van der Waals surface area contributed by atoms with Crippen molar-refractivity contribution >= 4 is 11.9 Å². The standard InChI is InChI=1S/C14H19NO4/c1-8-3-2-6-15(7-8)13(16)11-9-4-5-10(19-9)12(11)14(17)18/h4-5,8-12H,2-3,6-7H2,1H3,(H,17,18)/t8-,9+,10+,11+,12+/m1/s1. The first kappa shape index (κ1) is 12.7. The highest BCUT2D eigenvalue weighted by Gasteiger charge is 2.54. The Morgan fingerprint density at radius 2 is 1.95 bits per heavy atom. The summed E-state index contributed by atoms with van der Waals surface area (Å²) in [6.07, 6.45) is 4.96. The molecule has 3 heterocycles. The largest absolute Gasteiger partial charge is 0.481 e. The van der Waals surface area contributed by atoms with Crippen LogP contribution in [0.15, 0.2) is 12.2 Å². The molecule has 0 unspecified atom stereocenters. The van der Waals surface area contributed by atoms with Crippen LogP contribution in [0.2, 0.25) is 0 Å². The molecule has 3 rings (SSSR count). The lowest BCUT2D eigenvalue weighted by molar-refractivity contribution is -0.150. The van der Waals surface area contributed by atoms with Gasteiger partial charge in [-0.15, -0.1) is 0 Å². The zero-order valence-electron chi connectivity index (χ0n) is 11.0. The second-order valence-corrected chi connectivity index (χ2v) is 5.87. The van der Waals surface area contributed by atoms with Crippen molar-refractivity contribution < 1.29 is 19.4 Å². The van der Waals surface area contributed by atoms with Gasteiger partial charge in [-0.1, -0.05) is 19.1 Å². The van der Waals surface area contributed by atoms with Crippen molar-refractivity contribution in [2.45, 2.75) is 32.0 Å². The fourth-order valence-corrected chi connectivity index (χ4v) is 3.50. The van der Waals surface area contributed by atoms with E-state index < -0.39 is 23.9 Å². The van der Waals surface area contributed by atoms with Gasteiger partial charge in [-0.05, 0) is 18.8 Å². The number of carbonyl (C=O) groups is 2. The van der Waals surface area contributed by atoms with Crippen LogP contribution in [0, 0.1) is 17.8 Å². The molecule has 2 fully saturated rings. The first-order valence-corrected chi connectivity index (χ1v) is 6.93. The molecule has 19 heavy (non-hydrogen) atoms. The molecule has 3 aliphatic heterocycles. The summed E-state index contributed by atoms with van der Waals surface area (Å²) in [4.78, 5) is 25.8. The number of aliphatic carboxylic acids is 1. The number of hydrogen-bond donors (Lipinski definition) is 1. The van der Waals surface area contributed by atoms with Gasteiger partial charge in [0, 0.05) is 13.1 Å². The van der Waals surface area contributed by atoms with Crippen LogP contribution in [0.3, 0.4) is 0 Å². The van der Waals surface area contributed by atoms with Crippen LogP contribution in [0.25, 0.3) is 0 Å². The van der Waals surface area contributed by atoms with Crippen LogP contribution in [0.5, 0.6) is 0 Å². The van der Waals surface area contributed by atoms with Crippen LogP contribution in [-0.2, 0) is 14.3 Å². The number of carboxylic acids is 1. The minimum atomic E-state index is -0.930. The number of nitrogens with zero attached hydrogens (tertiary/aromatic N) is 1. The Morgan fingerprint density at radius 3 is 2.58 bits per heavy atom. The second-order valence-electron chi connectivity index (χ2n) is 5.87. The molecule has 0 saturated carbocycles. The van der Waals surface area contributed by atoms with Gasteiger partial charge in [-0.2, -0.15) is 0 Å². The average molecular weight is 265 g/mol. The van der Waals surface area contributed by atoms with Gasteiger partial charge in [0.15, 0.2) is 0 Å². The number of ether oxygens (including phenoxy) is 1. The molecule has 1 N–H and O–H groups in total. The summed E-state index contributed by atoms with van der Waals surface area (Å²) in [6, 6.07) is 0. The Labute approximate surface area is 112 Å². The van der Waals surface area contributed by atoms with E-state index in [1.165, 1.54) is 0 Å². The lowest BCUT2D eigenvalue weighted by atomic mass is 9.81. The molecular formula is C14H19NO4. The quantitative estimate of drug-likeness (QED) is 0.753. The number of hydrogen-bond acceptors (Lipinski definition) is 3. The number of fused-ring (bicyclic) bond motifs is 2. The minimum absolute atomic E-state index is 0.0456. The monoisotopic (exact) mass is 265 g/mol. The summed E-state index contributed by atoms with van der Waals surface area (Å²) in [5, 5.41) is 9.32. The first-order chi connectivity index (χ1) is 9.08. The van der Waals surface area contributed by atoms with Crippen LogP contribution >= 0.6 is 0 Å². The lowest BCUT2D eigenvalue weighted by Crippen LogP contribution is -2.48. The SMILES string of the molecule is C[C@@H]1CCCN(C(=O)[C@@H]2[C@@H](C(=O)O)[C@@H]3C=C[C@@H]2O3)C1. The number of rotatable bonds is 2. The highest BCUT2D eigenvalue weighted by molar-refractivity contribution is 5.87. The Morgan fingerprint density at radius 1 is 1.26 bits per heavy atom. The molecule has 5 atom stereocenters. The van der Waals surface area contributed by atoms with Crippen molar-refractivity contribution in [1.29, 1.82) is 0 Å². The summed E-state index contributed by atoms with van der Waals surface area (Å²) < 4.78 is 5.56. The van der Waals surface area contributed by atoms with Crippen LogP contribution in [0.1, 0.15) is 19.8 Å². The molecule has 2 bridgehead atoms. The van der Waals surface area contributed by atoms with Crippen molar-refractivity contribution in [3.05, 3.63) is 12.2 Å².